The summed E-state index contributed by atoms with van der Waals surface area (Å²) in [5.41, 5.74) is 2.66. The van der Waals surface area contributed by atoms with Gasteiger partial charge in [0.05, 0.1) is 14.2 Å². The number of nitrogens with zero attached hydrogens (tertiary/aromatic N) is 2. The van der Waals surface area contributed by atoms with Crippen LogP contribution in [0.4, 0.5) is 0 Å². The van der Waals surface area contributed by atoms with Crippen LogP contribution in [0.2, 0.25) is 0 Å². The maximum Gasteiger partial charge on any atom is 0.305 e. The molecule has 0 aliphatic carbocycles. The second kappa shape index (κ2) is 17.5. The lowest BCUT2D eigenvalue weighted by molar-refractivity contribution is -0.141. The zero-order chi connectivity index (χ0) is 40.0. The minimum absolute atomic E-state index is 0.0845. The molecule has 0 unspecified atom stereocenters. The number of esters is 2. The second-order valence-electron chi connectivity index (χ2n) is 14.2. The molecule has 0 aromatic heterocycles. The molecule has 12 heteroatoms. The van der Waals surface area contributed by atoms with E-state index < -0.39 is 11.5 Å². The number of carbonyl (C=O) groups excluding carboxylic acids is 2. The molecule has 0 amide bonds. The van der Waals surface area contributed by atoms with Crippen molar-refractivity contribution in [3.05, 3.63) is 45.5 Å². The van der Waals surface area contributed by atoms with Gasteiger partial charge in [0, 0.05) is 82.5 Å². The van der Waals surface area contributed by atoms with Gasteiger partial charge in [0.25, 0.3) is 0 Å². The molecular formula is C42H52N2O10. The monoisotopic (exact) mass is 744 g/mol. The molecule has 0 fully saturated rings. The molecule has 4 rings (SSSR count). The van der Waals surface area contributed by atoms with Gasteiger partial charge >= 0.3 is 11.9 Å². The van der Waals surface area contributed by atoms with E-state index in [9.17, 15) is 40.2 Å². The number of ether oxygens (including phenoxy) is 2. The quantitative estimate of drug-likeness (QED) is 0.0298. The average molecular weight is 745 g/mol. The van der Waals surface area contributed by atoms with E-state index in [-0.39, 0.29) is 92.6 Å². The van der Waals surface area contributed by atoms with Crippen molar-refractivity contribution in [3.8, 4) is 45.6 Å². The minimum atomic E-state index is -0.457. The normalized spacial score (nSPS) is 12.0. The van der Waals surface area contributed by atoms with E-state index >= 15 is 0 Å². The van der Waals surface area contributed by atoms with Crippen LogP contribution in [0.1, 0.15) is 111 Å². The van der Waals surface area contributed by atoms with Crippen molar-refractivity contribution in [3.63, 3.8) is 0 Å². The maximum atomic E-state index is 12.3. The number of fused-ring (bicyclic) bond motifs is 2. The Balaban J connectivity index is 1.99. The highest BCUT2D eigenvalue weighted by atomic mass is 16.5. The van der Waals surface area contributed by atoms with Crippen LogP contribution in [0.5, 0.6) is 34.5 Å². The van der Waals surface area contributed by atoms with Crippen molar-refractivity contribution in [2.24, 2.45) is 9.98 Å². The lowest BCUT2D eigenvalue weighted by Gasteiger charge is -2.23. The summed E-state index contributed by atoms with van der Waals surface area (Å²) in [7, 11) is 2.65. The molecule has 12 nitrogen and oxygen atoms in total. The van der Waals surface area contributed by atoms with Gasteiger partial charge in [-0.2, -0.15) is 0 Å². The number of rotatable bonds is 15. The Bertz CT molecular complexity index is 1980. The molecule has 0 aliphatic heterocycles. The van der Waals surface area contributed by atoms with Gasteiger partial charge in [-0.05, 0) is 73.3 Å². The van der Waals surface area contributed by atoms with Gasteiger partial charge in [-0.15, -0.1) is 0 Å². The highest BCUT2D eigenvalue weighted by Crippen LogP contribution is 2.54. The van der Waals surface area contributed by atoms with Crippen LogP contribution in [-0.2, 0) is 19.1 Å². The van der Waals surface area contributed by atoms with Gasteiger partial charge in [0.2, 0.25) is 0 Å². The molecule has 0 saturated heterocycles. The third kappa shape index (κ3) is 8.17. The molecule has 4 aromatic rings. The summed E-state index contributed by atoms with van der Waals surface area (Å²) >= 11 is 0. The van der Waals surface area contributed by atoms with Crippen LogP contribution in [0.25, 0.3) is 32.7 Å². The topological polar surface area (TPSA) is 199 Å². The van der Waals surface area contributed by atoms with Crippen LogP contribution in [0.15, 0.2) is 22.1 Å². The molecule has 0 atom stereocenters. The summed E-state index contributed by atoms with van der Waals surface area (Å²) in [6, 6.07) is 3.58. The summed E-state index contributed by atoms with van der Waals surface area (Å²) < 4.78 is 9.38. The molecule has 0 heterocycles. The molecular weight excluding hydrogens is 692 g/mol. The Kier molecular flexibility index (Phi) is 13.4. The second-order valence-corrected chi connectivity index (χ2v) is 14.2. The summed E-state index contributed by atoms with van der Waals surface area (Å²) in [5.74, 6) is -3.25. The number of aromatic hydroxyl groups is 6. The molecule has 0 saturated carbocycles. The van der Waals surface area contributed by atoms with Crippen LogP contribution >= 0.6 is 0 Å². The van der Waals surface area contributed by atoms with Gasteiger partial charge in [0.1, 0.15) is 11.5 Å². The zero-order valence-electron chi connectivity index (χ0n) is 32.3. The number of carbonyl (C=O) groups is 2. The van der Waals surface area contributed by atoms with E-state index in [1.165, 1.54) is 26.6 Å². The molecule has 4 aromatic carbocycles. The zero-order valence-corrected chi connectivity index (χ0v) is 32.3. The Morgan fingerprint density at radius 1 is 0.593 bits per heavy atom. The highest BCUT2D eigenvalue weighted by Gasteiger charge is 2.29. The number of phenolic OH excluding ortho intramolecular Hbond substituents is 6. The van der Waals surface area contributed by atoms with Crippen molar-refractivity contribution in [1.82, 2.24) is 0 Å². The average Bonchev–Trinajstić information content (AvgIpc) is 3.11. The molecule has 0 bridgehead atoms. The van der Waals surface area contributed by atoms with Crippen LogP contribution < -0.4 is 0 Å². The Hall–Kier alpha value is -5.52. The predicted molar refractivity (Wildman–Crippen MR) is 211 cm³/mol. The molecule has 0 aliphatic rings. The number of unbranched alkanes of at least 4 members (excludes halogenated alkanes) is 2. The van der Waals surface area contributed by atoms with E-state index in [4.69, 9.17) is 9.47 Å². The fourth-order valence-corrected chi connectivity index (χ4v) is 7.08. The van der Waals surface area contributed by atoms with Crippen LogP contribution in [0.3, 0.4) is 0 Å². The van der Waals surface area contributed by atoms with Gasteiger partial charge in [-0.25, -0.2) is 0 Å². The lowest BCUT2D eigenvalue weighted by atomic mass is 9.83. The van der Waals surface area contributed by atoms with E-state index in [1.807, 2.05) is 27.7 Å². The predicted octanol–water partition coefficient (Wildman–Crippen LogP) is 8.28. The maximum absolute atomic E-state index is 12.3. The van der Waals surface area contributed by atoms with Gasteiger partial charge < -0.3 is 40.1 Å². The third-order valence-corrected chi connectivity index (χ3v) is 9.72. The minimum Gasteiger partial charge on any atom is -0.507 e. The smallest absolute Gasteiger partial charge is 0.305 e. The largest absolute Gasteiger partial charge is 0.507 e. The molecule has 290 valence electrons. The summed E-state index contributed by atoms with van der Waals surface area (Å²) in [6.07, 6.45) is 5.45. The molecule has 0 radical (unpaired) electrons. The van der Waals surface area contributed by atoms with Crippen molar-refractivity contribution >= 4 is 45.9 Å². The number of benzene rings is 4. The van der Waals surface area contributed by atoms with Crippen molar-refractivity contribution in [2.75, 3.05) is 27.3 Å². The van der Waals surface area contributed by atoms with E-state index in [0.29, 0.717) is 71.8 Å². The number of phenols is 6. The van der Waals surface area contributed by atoms with Gasteiger partial charge in [-0.1, -0.05) is 39.8 Å². The SMILES string of the molecule is COC(=O)CCCCN=Cc1c(O)c(O)c(C(C)C)c2cc(C)c(-c3c(C)cc4c(C(C)C)c(O)c(O)c(C=NCCCCC(=O)OC)c4c3O)c(O)c12. The van der Waals surface area contributed by atoms with Crippen LogP contribution in [0, 0.1) is 13.8 Å². The number of hydrogen-bond acceptors (Lipinski definition) is 12. The first kappa shape index (κ1) is 41.2. The lowest BCUT2D eigenvalue weighted by Crippen LogP contribution is -2.02. The third-order valence-electron chi connectivity index (χ3n) is 9.72. The number of hydrogen-bond donors (Lipinski definition) is 6. The number of aryl methyl sites for hydroxylation is 2. The molecule has 54 heavy (non-hydrogen) atoms. The Morgan fingerprint density at radius 3 is 1.26 bits per heavy atom. The van der Waals surface area contributed by atoms with Gasteiger partial charge in [0.15, 0.2) is 23.0 Å². The first-order chi connectivity index (χ1) is 25.6. The van der Waals surface area contributed by atoms with Gasteiger partial charge in [-0.3, -0.25) is 19.6 Å². The number of methoxy groups -OCH3 is 2. The Labute approximate surface area is 315 Å². The van der Waals surface area contributed by atoms with Crippen molar-refractivity contribution in [1.29, 1.82) is 0 Å². The summed E-state index contributed by atoms with van der Waals surface area (Å²) in [5, 5.41) is 71.0. The Morgan fingerprint density at radius 2 is 0.944 bits per heavy atom. The van der Waals surface area contributed by atoms with E-state index in [0.717, 1.165) is 0 Å². The fourth-order valence-electron chi connectivity index (χ4n) is 7.08. The standard InChI is InChI=1S/C42H52N2O10/c1-21(2)31-25-17-23(5)33(39(49)35(25)27(37(47)41(31)51)19-43-15-11-9-13-29(45)53-7)34-24(6)18-26-32(22(3)4)42(52)38(48)28(36(26)40(34)50)20-44-16-12-10-14-30(46)54-8/h17-22,47-52H,9-16H2,1-8H3. The first-order valence-corrected chi connectivity index (χ1v) is 18.2. The highest BCUT2D eigenvalue weighted by molar-refractivity contribution is 6.15. The van der Waals surface area contributed by atoms with Crippen molar-refractivity contribution in [2.45, 2.75) is 91.9 Å². The van der Waals surface area contributed by atoms with E-state index in [2.05, 4.69) is 9.98 Å². The number of aliphatic imine (C=N–C) groups is 2. The fraction of sp³-hybridized carbons (Fsp3) is 0.429. The molecule has 6 N–H and O–H groups in total. The van der Waals surface area contributed by atoms with Crippen LogP contribution in [-0.4, -0.2) is 82.3 Å². The summed E-state index contributed by atoms with van der Waals surface area (Å²) in [4.78, 5) is 31.9. The van der Waals surface area contributed by atoms with Crippen molar-refractivity contribution < 1.29 is 49.7 Å². The van der Waals surface area contributed by atoms with E-state index in [1.54, 1.807) is 26.0 Å². The summed E-state index contributed by atoms with van der Waals surface area (Å²) in [6.45, 7) is 11.6. The first-order valence-electron chi connectivity index (χ1n) is 18.2. The molecule has 0 spiro atoms.